The maximum absolute atomic E-state index is 10.8. The summed E-state index contributed by atoms with van der Waals surface area (Å²) >= 11 is 4.23. The molecule has 0 heterocycles. The van der Waals surface area contributed by atoms with E-state index in [9.17, 15) is 4.79 Å². The molecule has 0 aromatic rings. The Hall–Kier alpha value is -0.220. The number of nitrogens with two attached hydrogens (primary N) is 1. The highest BCUT2D eigenvalue weighted by atomic mass is 32.1. The summed E-state index contributed by atoms with van der Waals surface area (Å²) in [5.74, 6) is -0.368. The smallest absolute Gasteiger partial charge is 0.324 e. The second-order valence-electron chi connectivity index (χ2n) is 2.60. The minimum Gasteiger partial charge on any atom is -0.468 e. The highest BCUT2D eigenvalue weighted by molar-refractivity contribution is 7.82. The summed E-state index contributed by atoms with van der Waals surface area (Å²) in [5.41, 5.74) is 5.52. The number of thiol groups is 1. The fourth-order valence-corrected chi connectivity index (χ4v) is 1.00. The predicted octanol–water partition coefficient (Wildman–Crippen LogP) is -0.0509. The first-order valence-electron chi connectivity index (χ1n) is 3.16. The molecule has 0 bridgehead atoms. The van der Waals surface area contributed by atoms with Crippen molar-refractivity contribution in [2.75, 3.05) is 7.11 Å². The first kappa shape index (κ1) is 7.88. The Kier molecular flexibility index (Phi) is 1.92. The Morgan fingerprint density at radius 3 is 2.60 bits per heavy atom. The van der Waals surface area contributed by atoms with Crippen molar-refractivity contribution in [1.82, 2.24) is 0 Å². The fraction of sp³-hybridized carbons (Fsp3) is 0.833. The van der Waals surface area contributed by atoms with Gasteiger partial charge in [0.15, 0.2) is 0 Å². The van der Waals surface area contributed by atoms with Gasteiger partial charge in [0.05, 0.1) is 7.11 Å². The molecule has 4 heteroatoms. The molecular formula is C6H11NO2S. The normalized spacial score (nSPS) is 23.5. The average molecular weight is 161 g/mol. The number of hydrogen-bond acceptors (Lipinski definition) is 4. The molecule has 1 atom stereocenters. The number of rotatable bonds is 2. The van der Waals surface area contributed by atoms with Gasteiger partial charge in [-0.3, -0.25) is 4.79 Å². The zero-order valence-corrected chi connectivity index (χ0v) is 6.73. The van der Waals surface area contributed by atoms with Crippen LogP contribution in [0.25, 0.3) is 0 Å². The number of ether oxygens (including phenoxy) is 1. The first-order valence-corrected chi connectivity index (χ1v) is 3.61. The molecule has 1 saturated carbocycles. The van der Waals surface area contributed by atoms with Gasteiger partial charge in [0, 0.05) is 4.75 Å². The predicted molar refractivity (Wildman–Crippen MR) is 40.9 cm³/mol. The van der Waals surface area contributed by atoms with Gasteiger partial charge in [-0.1, -0.05) is 0 Å². The van der Waals surface area contributed by atoms with Crippen molar-refractivity contribution in [2.45, 2.75) is 23.6 Å². The van der Waals surface area contributed by atoms with Gasteiger partial charge < -0.3 is 10.5 Å². The third-order valence-electron chi connectivity index (χ3n) is 1.80. The minimum atomic E-state index is -0.555. The molecule has 0 amide bonds. The van der Waals surface area contributed by atoms with Gasteiger partial charge in [-0.15, -0.1) is 0 Å². The van der Waals surface area contributed by atoms with Crippen LogP contribution in [-0.2, 0) is 9.53 Å². The lowest BCUT2D eigenvalue weighted by atomic mass is 10.2. The minimum absolute atomic E-state index is 0.271. The number of esters is 1. The molecule has 10 heavy (non-hydrogen) atoms. The molecule has 0 radical (unpaired) electrons. The maximum atomic E-state index is 10.8. The Labute approximate surface area is 65.3 Å². The number of hydrogen-bond donors (Lipinski definition) is 2. The van der Waals surface area contributed by atoms with E-state index in [1.807, 2.05) is 0 Å². The number of carbonyl (C=O) groups is 1. The van der Waals surface area contributed by atoms with Gasteiger partial charge in [0.1, 0.15) is 6.04 Å². The van der Waals surface area contributed by atoms with Crippen molar-refractivity contribution in [3.63, 3.8) is 0 Å². The lowest BCUT2D eigenvalue weighted by Crippen LogP contribution is -2.41. The third-order valence-corrected chi connectivity index (χ3v) is 2.52. The molecule has 0 aromatic heterocycles. The van der Waals surface area contributed by atoms with Gasteiger partial charge in [-0.25, -0.2) is 0 Å². The van der Waals surface area contributed by atoms with Crippen LogP contribution >= 0.6 is 12.6 Å². The summed E-state index contributed by atoms with van der Waals surface area (Å²) in [4.78, 5) is 10.8. The topological polar surface area (TPSA) is 52.3 Å². The Morgan fingerprint density at radius 1 is 1.80 bits per heavy atom. The van der Waals surface area contributed by atoms with E-state index in [1.54, 1.807) is 0 Å². The van der Waals surface area contributed by atoms with Crippen LogP contribution in [0.4, 0.5) is 0 Å². The van der Waals surface area contributed by atoms with Crippen molar-refractivity contribution in [1.29, 1.82) is 0 Å². The molecule has 0 aromatic carbocycles. The highest BCUT2D eigenvalue weighted by Gasteiger charge is 2.48. The van der Waals surface area contributed by atoms with Gasteiger partial charge >= 0.3 is 5.97 Å². The molecule has 0 spiro atoms. The second-order valence-corrected chi connectivity index (χ2v) is 3.50. The van der Waals surface area contributed by atoms with Gasteiger partial charge in [-0.05, 0) is 12.8 Å². The maximum Gasteiger partial charge on any atom is 0.324 e. The molecular weight excluding hydrogens is 150 g/mol. The summed E-state index contributed by atoms with van der Waals surface area (Å²) in [5, 5.41) is 0. The van der Waals surface area contributed by atoms with Crippen LogP contribution in [0.5, 0.6) is 0 Å². The van der Waals surface area contributed by atoms with Crippen molar-refractivity contribution in [2.24, 2.45) is 5.73 Å². The van der Waals surface area contributed by atoms with Gasteiger partial charge in [0.2, 0.25) is 0 Å². The molecule has 1 aliphatic carbocycles. The SMILES string of the molecule is COC(=O)C(N)C1(S)CC1. The van der Waals surface area contributed by atoms with Crippen LogP contribution < -0.4 is 5.73 Å². The number of methoxy groups -OCH3 is 1. The summed E-state index contributed by atoms with van der Waals surface area (Å²) in [6.45, 7) is 0. The molecule has 1 rings (SSSR count). The van der Waals surface area contributed by atoms with Gasteiger partial charge in [0.25, 0.3) is 0 Å². The summed E-state index contributed by atoms with van der Waals surface area (Å²) < 4.78 is 4.19. The molecule has 1 fully saturated rings. The van der Waals surface area contributed by atoms with Crippen LogP contribution in [0.1, 0.15) is 12.8 Å². The summed E-state index contributed by atoms with van der Waals surface area (Å²) in [6, 6.07) is -0.555. The van der Waals surface area contributed by atoms with Gasteiger partial charge in [-0.2, -0.15) is 12.6 Å². The molecule has 1 aliphatic rings. The van der Waals surface area contributed by atoms with E-state index in [-0.39, 0.29) is 10.7 Å². The Balaban J connectivity index is 2.48. The summed E-state index contributed by atoms with van der Waals surface area (Å²) in [6.07, 6.45) is 1.82. The van der Waals surface area contributed by atoms with E-state index >= 15 is 0 Å². The quantitative estimate of drug-likeness (QED) is 0.441. The fourth-order valence-electron chi connectivity index (χ4n) is 0.785. The molecule has 58 valence electrons. The van der Waals surface area contributed by atoms with E-state index in [2.05, 4.69) is 17.4 Å². The lowest BCUT2D eigenvalue weighted by molar-refractivity contribution is -0.142. The van der Waals surface area contributed by atoms with E-state index < -0.39 is 6.04 Å². The second kappa shape index (κ2) is 2.43. The largest absolute Gasteiger partial charge is 0.468 e. The molecule has 2 N–H and O–H groups in total. The van der Waals surface area contributed by atoms with Crippen molar-refractivity contribution >= 4 is 18.6 Å². The highest BCUT2D eigenvalue weighted by Crippen LogP contribution is 2.44. The zero-order chi connectivity index (χ0) is 7.78. The zero-order valence-electron chi connectivity index (χ0n) is 5.83. The Morgan fingerprint density at radius 2 is 2.30 bits per heavy atom. The van der Waals surface area contributed by atoms with E-state index in [1.165, 1.54) is 7.11 Å². The van der Waals surface area contributed by atoms with Crippen LogP contribution in [0.15, 0.2) is 0 Å². The summed E-state index contributed by atoms with van der Waals surface area (Å²) in [7, 11) is 1.34. The monoisotopic (exact) mass is 161 g/mol. The third kappa shape index (κ3) is 1.27. The van der Waals surface area contributed by atoms with E-state index in [4.69, 9.17) is 5.73 Å². The standard InChI is InChI=1S/C6H11NO2S/c1-9-5(8)4(7)6(10)2-3-6/h4,10H,2-3,7H2,1H3. The van der Waals surface area contributed by atoms with Crippen molar-refractivity contribution in [3.8, 4) is 0 Å². The first-order chi connectivity index (χ1) is 4.60. The van der Waals surface area contributed by atoms with Crippen molar-refractivity contribution in [3.05, 3.63) is 0 Å². The van der Waals surface area contributed by atoms with Crippen molar-refractivity contribution < 1.29 is 9.53 Å². The Bertz CT molecular complexity index is 156. The molecule has 3 nitrogen and oxygen atoms in total. The van der Waals surface area contributed by atoms with Crippen LogP contribution in [-0.4, -0.2) is 23.9 Å². The van der Waals surface area contributed by atoms with Crippen LogP contribution in [0, 0.1) is 0 Å². The molecule has 0 saturated heterocycles. The van der Waals surface area contributed by atoms with E-state index in [0.29, 0.717) is 0 Å². The number of carbonyl (C=O) groups excluding carboxylic acids is 1. The van der Waals surface area contributed by atoms with Crippen LogP contribution in [0.3, 0.4) is 0 Å². The molecule has 0 aliphatic heterocycles. The molecule has 1 unspecified atom stereocenters. The van der Waals surface area contributed by atoms with E-state index in [0.717, 1.165) is 12.8 Å². The lowest BCUT2D eigenvalue weighted by Gasteiger charge is -2.14. The average Bonchev–Trinajstić information content (AvgIpc) is 2.66. The van der Waals surface area contributed by atoms with Crippen LogP contribution in [0.2, 0.25) is 0 Å².